The van der Waals surface area contributed by atoms with Crippen molar-refractivity contribution in [2.75, 3.05) is 26.2 Å². The zero-order valence-corrected chi connectivity index (χ0v) is 16.0. The lowest BCUT2D eigenvalue weighted by Crippen LogP contribution is -2.53. The summed E-state index contributed by atoms with van der Waals surface area (Å²) in [6.07, 6.45) is 1.14. The van der Waals surface area contributed by atoms with E-state index in [4.69, 9.17) is 11.6 Å². The SMILES string of the molecule is O=C(CCc1cccc(Cl)c1)N1CCN(C(=O)NCc2ccccc2)CC1. The number of nitrogens with zero attached hydrogens (tertiary/aromatic N) is 2. The molecule has 1 aliphatic heterocycles. The summed E-state index contributed by atoms with van der Waals surface area (Å²) in [7, 11) is 0. The van der Waals surface area contributed by atoms with E-state index in [9.17, 15) is 9.59 Å². The monoisotopic (exact) mass is 385 g/mol. The third-order valence-electron chi connectivity index (χ3n) is 4.72. The van der Waals surface area contributed by atoms with E-state index in [1.165, 1.54) is 0 Å². The number of rotatable bonds is 5. The van der Waals surface area contributed by atoms with Crippen LogP contribution >= 0.6 is 11.6 Å². The first-order chi connectivity index (χ1) is 13.1. The third kappa shape index (κ3) is 5.73. The van der Waals surface area contributed by atoms with Crippen molar-refractivity contribution in [3.8, 4) is 0 Å². The number of piperazine rings is 1. The molecular weight excluding hydrogens is 362 g/mol. The highest BCUT2D eigenvalue weighted by Gasteiger charge is 2.23. The highest BCUT2D eigenvalue weighted by Crippen LogP contribution is 2.13. The van der Waals surface area contributed by atoms with E-state index in [1.54, 1.807) is 4.90 Å². The van der Waals surface area contributed by atoms with Crippen LogP contribution in [0.1, 0.15) is 17.5 Å². The molecule has 0 aromatic heterocycles. The predicted octanol–water partition coefficient (Wildman–Crippen LogP) is 3.33. The molecule has 6 heteroatoms. The van der Waals surface area contributed by atoms with Gasteiger partial charge in [0.2, 0.25) is 5.91 Å². The van der Waals surface area contributed by atoms with Gasteiger partial charge in [-0.1, -0.05) is 54.1 Å². The van der Waals surface area contributed by atoms with Crippen molar-refractivity contribution in [3.05, 3.63) is 70.7 Å². The van der Waals surface area contributed by atoms with Crippen molar-refractivity contribution in [3.63, 3.8) is 0 Å². The molecule has 3 rings (SSSR count). The van der Waals surface area contributed by atoms with Crippen LogP contribution in [-0.4, -0.2) is 47.9 Å². The second-order valence-corrected chi connectivity index (χ2v) is 7.08. The first kappa shape index (κ1) is 19.2. The number of aryl methyl sites for hydroxylation is 1. The van der Waals surface area contributed by atoms with Gasteiger partial charge in [0.1, 0.15) is 0 Å². The highest BCUT2D eigenvalue weighted by atomic mass is 35.5. The van der Waals surface area contributed by atoms with Gasteiger partial charge in [-0.2, -0.15) is 0 Å². The molecule has 1 heterocycles. The van der Waals surface area contributed by atoms with Crippen molar-refractivity contribution >= 4 is 23.5 Å². The second kappa shape index (κ2) is 9.42. The topological polar surface area (TPSA) is 52.7 Å². The molecule has 2 aromatic carbocycles. The van der Waals surface area contributed by atoms with E-state index in [0.717, 1.165) is 11.1 Å². The largest absolute Gasteiger partial charge is 0.339 e. The summed E-state index contributed by atoms with van der Waals surface area (Å²) in [6, 6.07) is 17.3. The normalized spacial score (nSPS) is 14.1. The van der Waals surface area contributed by atoms with Crippen molar-refractivity contribution in [2.24, 2.45) is 0 Å². The molecule has 0 saturated carbocycles. The summed E-state index contributed by atoms with van der Waals surface area (Å²) >= 11 is 5.98. The van der Waals surface area contributed by atoms with Crippen LogP contribution in [0.4, 0.5) is 4.79 Å². The number of hydrogen-bond donors (Lipinski definition) is 1. The van der Waals surface area contributed by atoms with Crippen LogP contribution < -0.4 is 5.32 Å². The Morgan fingerprint density at radius 2 is 1.56 bits per heavy atom. The summed E-state index contributed by atoms with van der Waals surface area (Å²) in [5, 5.41) is 3.63. The van der Waals surface area contributed by atoms with Gasteiger partial charge in [0.25, 0.3) is 0 Å². The van der Waals surface area contributed by atoms with Crippen LogP contribution in [0.25, 0.3) is 0 Å². The van der Waals surface area contributed by atoms with Crippen LogP contribution in [0.15, 0.2) is 54.6 Å². The van der Waals surface area contributed by atoms with Crippen molar-refractivity contribution in [1.29, 1.82) is 0 Å². The lowest BCUT2D eigenvalue weighted by Gasteiger charge is -2.34. The number of carbonyl (C=O) groups is 2. The molecule has 3 amide bonds. The molecule has 0 aliphatic carbocycles. The molecule has 2 aromatic rings. The third-order valence-corrected chi connectivity index (χ3v) is 4.96. The van der Waals surface area contributed by atoms with E-state index in [2.05, 4.69) is 5.32 Å². The van der Waals surface area contributed by atoms with Crippen molar-refractivity contribution in [1.82, 2.24) is 15.1 Å². The summed E-state index contributed by atoms with van der Waals surface area (Å²) in [5.41, 5.74) is 2.13. The number of urea groups is 1. The first-order valence-corrected chi connectivity index (χ1v) is 9.58. The zero-order valence-electron chi connectivity index (χ0n) is 15.2. The Labute approximate surface area is 164 Å². The standard InChI is InChI=1S/C21H24ClN3O2/c22-19-8-4-7-17(15-19)9-10-20(26)24-11-13-25(14-12-24)21(27)23-16-18-5-2-1-3-6-18/h1-8,15H,9-14,16H2,(H,23,27). The van der Waals surface area contributed by atoms with Crippen molar-refractivity contribution < 1.29 is 9.59 Å². The molecule has 0 atom stereocenters. The van der Waals surface area contributed by atoms with Crippen LogP contribution in [0.5, 0.6) is 0 Å². The molecular formula is C21H24ClN3O2. The molecule has 1 N–H and O–H groups in total. The fraction of sp³-hybridized carbons (Fsp3) is 0.333. The molecule has 1 fully saturated rings. The Bertz CT molecular complexity index is 774. The molecule has 5 nitrogen and oxygen atoms in total. The molecule has 0 bridgehead atoms. The average molecular weight is 386 g/mol. The Morgan fingerprint density at radius 3 is 2.26 bits per heavy atom. The van der Waals surface area contributed by atoms with Gasteiger partial charge in [0.15, 0.2) is 0 Å². The Hall–Kier alpha value is -2.53. The number of halogens is 1. The molecule has 0 spiro atoms. The molecule has 1 saturated heterocycles. The highest BCUT2D eigenvalue weighted by molar-refractivity contribution is 6.30. The van der Waals surface area contributed by atoms with E-state index < -0.39 is 0 Å². The van der Waals surface area contributed by atoms with Gasteiger partial charge in [-0.25, -0.2) is 4.79 Å². The summed E-state index contributed by atoms with van der Waals surface area (Å²) < 4.78 is 0. The maximum Gasteiger partial charge on any atom is 0.317 e. The number of nitrogens with one attached hydrogen (secondary N) is 1. The van der Waals surface area contributed by atoms with Crippen LogP contribution in [0.2, 0.25) is 5.02 Å². The maximum absolute atomic E-state index is 12.4. The van der Waals surface area contributed by atoms with E-state index in [1.807, 2.05) is 59.5 Å². The van der Waals surface area contributed by atoms with Gasteiger partial charge in [0, 0.05) is 44.2 Å². The maximum atomic E-state index is 12.4. The summed E-state index contributed by atoms with van der Waals surface area (Å²) in [4.78, 5) is 28.3. The summed E-state index contributed by atoms with van der Waals surface area (Å²) in [6.45, 7) is 2.78. The van der Waals surface area contributed by atoms with Crippen molar-refractivity contribution in [2.45, 2.75) is 19.4 Å². The predicted molar refractivity (Wildman–Crippen MR) is 107 cm³/mol. The molecule has 1 aliphatic rings. The molecule has 142 valence electrons. The quantitative estimate of drug-likeness (QED) is 0.858. The Morgan fingerprint density at radius 1 is 0.889 bits per heavy atom. The minimum absolute atomic E-state index is 0.0788. The molecule has 0 radical (unpaired) electrons. The van der Waals surface area contributed by atoms with E-state index in [-0.39, 0.29) is 11.9 Å². The van der Waals surface area contributed by atoms with Gasteiger partial charge in [-0.05, 0) is 29.7 Å². The average Bonchev–Trinajstić information content (AvgIpc) is 2.71. The number of amides is 3. The smallest absolute Gasteiger partial charge is 0.317 e. The minimum Gasteiger partial charge on any atom is -0.339 e. The van der Waals surface area contributed by atoms with Gasteiger partial charge < -0.3 is 15.1 Å². The Kier molecular flexibility index (Phi) is 6.71. The zero-order chi connectivity index (χ0) is 19.1. The van der Waals surface area contributed by atoms with E-state index in [0.29, 0.717) is 50.6 Å². The number of benzene rings is 2. The van der Waals surface area contributed by atoms with Crippen LogP contribution in [0, 0.1) is 0 Å². The Balaban J connectivity index is 1.40. The van der Waals surface area contributed by atoms with Gasteiger partial charge in [0.05, 0.1) is 0 Å². The molecule has 0 unspecified atom stereocenters. The second-order valence-electron chi connectivity index (χ2n) is 6.64. The van der Waals surface area contributed by atoms with Crippen LogP contribution in [0.3, 0.4) is 0 Å². The fourth-order valence-electron chi connectivity index (χ4n) is 3.15. The minimum atomic E-state index is -0.0788. The molecule has 27 heavy (non-hydrogen) atoms. The summed E-state index contributed by atoms with van der Waals surface area (Å²) in [5.74, 6) is 0.124. The fourth-order valence-corrected chi connectivity index (χ4v) is 3.36. The lowest BCUT2D eigenvalue weighted by molar-refractivity contribution is -0.132. The first-order valence-electron chi connectivity index (χ1n) is 9.21. The van der Waals surface area contributed by atoms with E-state index >= 15 is 0 Å². The van der Waals surface area contributed by atoms with Gasteiger partial charge >= 0.3 is 6.03 Å². The number of hydrogen-bond acceptors (Lipinski definition) is 2. The number of carbonyl (C=O) groups excluding carboxylic acids is 2. The van der Waals surface area contributed by atoms with Crippen LogP contribution in [-0.2, 0) is 17.8 Å². The lowest BCUT2D eigenvalue weighted by atomic mass is 10.1. The van der Waals surface area contributed by atoms with Gasteiger partial charge in [-0.15, -0.1) is 0 Å². The van der Waals surface area contributed by atoms with Gasteiger partial charge in [-0.3, -0.25) is 4.79 Å².